The minimum absolute atomic E-state index is 0.313. The number of halogens is 2. The summed E-state index contributed by atoms with van der Waals surface area (Å²) >= 11 is 12.1. The Morgan fingerprint density at radius 2 is 2.12 bits per heavy atom. The van der Waals surface area contributed by atoms with Crippen LogP contribution >= 0.6 is 23.2 Å². The average molecular weight is 259 g/mol. The van der Waals surface area contributed by atoms with Crippen LogP contribution < -0.4 is 5.32 Å². The van der Waals surface area contributed by atoms with E-state index in [1.807, 2.05) is 12.1 Å². The molecule has 2 rings (SSSR count). The Kier molecular flexibility index (Phi) is 4.30. The standard InChI is InChI=1S/C12H16Cl2N2/c13-10-5-6-12(16-8-10)15-7-9-3-1-2-4-11(9)14/h5-6,8-9,11H,1-4,7H2,(H,15,16). The normalized spacial score (nSPS) is 25.4. The summed E-state index contributed by atoms with van der Waals surface area (Å²) in [5.41, 5.74) is 0. The molecule has 1 aliphatic rings. The third-order valence-electron chi connectivity index (χ3n) is 3.09. The van der Waals surface area contributed by atoms with Crippen LogP contribution in [0.5, 0.6) is 0 Å². The number of hydrogen-bond acceptors (Lipinski definition) is 2. The predicted octanol–water partition coefficient (Wildman–Crippen LogP) is 3.94. The maximum atomic E-state index is 6.29. The zero-order valence-corrected chi connectivity index (χ0v) is 10.6. The van der Waals surface area contributed by atoms with Crippen molar-refractivity contribution in [3.63, 3.8) is 0 Å². The molecule has 0 radical (unpaired) electrons. The molecule has 1 heterocycles. The quantitative estimate of drug-likeness (QED) is 0.831. The topological polar surface area (TPSA) is 24.9 Å². The molecule has 2 nitrogen and oxygen atoms in total. The molecule has 16 heavy (non-hydrogen) atoms. The van der Waals surface area contributed by atoms with Crippen LogP contribution in [0.3, 0.4) is 0 Å². The molecule has 0 bridgehead atoms. The summed E-state index contributed by atoms with van der Waals surface area (Å²) in [4.78, 5) is 4.20. The van der Waals surface area contributed by atoms with Crippen LogP contribution in [-0.2, 0) is 0 Å². The number of nitrogens with zero attached hydrogens (tertiary/aromatic N) is 1. The summed E-state index contributed by atoms with van der Waals surface area (Å²) in [5.74, 6) is 1.44. The van der Waals surface area contributed by atoms with E-state index in [0.717, 1.165) is 18.8 Å². The van der Waals surface area contributed by atoms with Crippen molar-refractivity contribution in [1.29, 1.82) is 0 Å². The van der Waals surface area contributed by atoms with Gasteiger partial charge in [0.2, 0.25) is 0 Å². The van der Waals surface area contributed by atoms with Gasteiger partial charge in [0.05, 0.1) is 5.02 Å². The molecule has 0 aromatic carbocycles. The second kappa shape index (κ2) is 5.74. The summed E-state index contributed by atoms with van der Waals surface area (Å²) in [6, 6.07) is 3.74. The highest BCUT2D eigenvalue weighted by molar-refractivity contribution is 6.30. The maximum absolute atomic E-state index is 6.29. The summed E-state index contributed by atoms with van der Waals surface area (Å²) < 4.78 is 0. The minimum atomic E-state index is 0.313. The molecule has 0 aliphatic heterocycles. The van der Waals surface area contributed by atoms with E-state index in [1.165, 1.54) is 19.3 Å². The molecule has 0 saturated heterocycles. The maximum Gasteiger partial charge on any atom is 0.125 e. The first kappa shape index (κ1) is 12.0. The van der Waals surface area contributed by atoms with Gasteiger partial charge in [0, 0.05) is 18.1 Å². The Balaban J connectivity index is 1.84. The Labute approximate surface area is 106 Å². The number of aromatic nitrogens is 1. The Morgan fingerprint density at radius 1 is 1.31 bits per heavy atom. The molecule has 88 valence electrons. The van der Waals surface area contributed by atoms with E-state index in [9.17, 15) is 0 Å². The van der Waals surface area contributed by atoms with Gasteiger partial charge in [-0.1, -0.05) is 24.4 Å². The molecule has 0 spiro atoms. The number of alkyl halides is 1. The molecular formula is C12H16Cl2N2. The smallest absolute Gasteiger partial charge is 0.125 e. The van der Waals surface area contributed by atoms with Crippen LogP contribution in [0.15, 0.2) is 18.3 Å². The van der Waals surface area contributed by atoms with Gasteiger partial charge in [-0.2, -0.15) is 0 Å². The van der Waals surface area contributed by atoms with Crippen LogP contribution in [0.25, 0.3) is 0 Å². The lowest BCUT2D eigenvalue weighted by Gasteiger charge is -2.27. The number of pyridine rings is 1. The molecule has 2 atom stereocenters. The van der Waals surface area contributed by atoms with E-state index < -0.39 is 0 Å². The van der Waals surface area contributed by atoms with Crippen molar-refractivity contribution in [2.75, 3.05) is 11.9 Å². The number of anilines is 1. The van der Waals surface area contributed by atoms with Crippen molar-refractivity contribution in [2.24, 2.45) is 5.92 Å². The molecule has 1 fully saturated rings. The van der Waals surface area contributed by atoms with Gasteiger partial charge in [-0.25, -0.2) is 4.98 Å². The number of nitrogens with one attached hydrogen (secondary N) is 1. The number of hydrogen-bond donors (Lipinski definition) is 1. The lowest BCUT2D eigenvalue weighted by atomic mass is 9.89. The van der Waals surface area contributed by atoms with Gasteiger partial charge in [0.1, 0.15) is 5.82 Å². The average Bonchev–Trinajstić information content (AvgIpc) is 2.30. The number of rotatable bonds is 3. The van der Waals surface area contributed by atoms with Gasteiger partial charge in [-0.3, -0.25) is 0 Å². The highest BCUT2D eigenvalue weighted by atomic mass is 35.5. The van der Waals surface area contributed by atoms with Gasteiger partial charge in [-0.15, -0.1) is 11.6 Å². The van der Waals surface area contributed by atoms with Crippen molar-refractivity contribution in [1.82, 2.24) is 4.98 Å². The van der Waals surface area contributed by atoms with E-state index in [-0.39, 0.29) is 0 Å². The fourth-order valence-electron chi connectivity index (χ4n) is 2.11. The second-order valence-corrected chi connectivity index (χ2v) is 5.30. The molecule has 1 saturated carbocycles. The molecule has 0 amide bonds. The van der Waals surface area contributed by atoms with Gasteiger partial charge >= 0.3 is 0 Å². The zero-order valence-electron chi connectivity index (χ0n) is 9.13. The monoisotopic (exact) mass is 258 g/mol. The van der Waals surface area contributed by atoms with E-state index >= 15 is 0 Å². The molecule has 1 aromatic rings. The summed E-state index contributed by atoms with van der Waals surface area (Å²) in [6.07, 6.45) is 6.58. The van der Waals surface area contributed by atoms with Crippen molar-refractivity contribution < 1.29 is 0 Å². The Hall–Kier alpha value is -0.470. The molecular weight excluding hydrogens is 243 g/mol. The van der Waals surface area contributed by atoms with Crippen molar-refractivity contribution in [3.05, 3.63) is 23.4 Å². The molecule has 2 unspecified atom stereocenters. The van der Waals surface area contributed by atoms with Crippen LogP contribution in [0, 0.1) is 5.92 Å². The van der Waals surface area contributed by atoms with Crippen molar-refractivity contribution >= 4 is 29.0 Å². The molecule has 1 aliphatic carbocycles. The Morgan fingerprint density at radius 3 is 2.81 bits per heavy atom. The first-order valence-electron chi connectivity index (χ1n) is 5.75. The first-order chi connectivity index (χ1) is 7.75. The fourth-order valence-corrected chi connectivity index (χ4v) is 2.59. The van der Waals surface area contributed by atoms with Crippen molar-refractivity contribution in [3.8, 4) is 0 Å². The van der Waals surface area contributed by atoms with Gasteiger partial charge in [0.25, 0.3) is 0 Å². The van der Waals surface area contributed by atoms with Gasteiger partial charge in [-0.05, 0) is 30.9 Å². The summed E-state index contributed by atoms with van der Waals surface area (Å²) in [6.45, 7) is 0.906. The zero-order chi connectivity index (χ0) is 11.4. The first-order valence-corrected chi connectivity index (χ1v) is 6.56. The minimum Gasteiger partial charge on any atom is -0.370 e. The summed E-state index contributed by atoms with van der Waals surface area (Å²) in [7, 11) is 0. The lowest BCUT2D eigenvalue weighted by Crippen LogP contribution is -2.26. The van der Waals surface area contributed by atoms with Crippen LogP contribution in [0.2, 0.25) is 5.02 Å². The van der Waals surface area contributed by atoms with E-state index in [0.29, 0.717) is 16.3 Å². The Bertz CT molecular complexity index is 326. The summed E-state index contributed by atoms with van der Waals surface area (Å²) in [5, 5.41) is 4.30. The van der Waals surface area contributed by atoms with E-state index in [4.69, 9.17) is 23.2 Å². The third kappa shape index (κ3) is 3.26. The van der Waals surface area contributed by atoms with E-state index in [2.05, 4.69) is 10.3 Å². The van der Waals surface area contributed by atoms with Crippen molar-refractivity contribution in [2.45, 2.75) is 31.1 Å². The largest absolute Gasteiger partial charge is 0.370 e. The lowest BCUT2D eigenvalue weighted by molar-refractivity contribution is 0.380. The van der Waals surface area contributed by atoms with Crippen LogP contribution in [0.4, 0.5) is 5.82 Å². The highest BCUT2D eigenvalue weighted by Crippen LogP contribution is 2.28. The highest BCUT2D eigenvalue weighted by Gasteiger charge is 2.22. The third-order valence-corrected chi connectivity index (χ3v) is 3.89. The molecule has 1 aromatic heterocycles. The SMILES string of the molecule is Clc1ccc(NCC2CCCCC2Cl)nc1. The van der Waals surface area contributed by atoms with Gasteiger partial charge < -0.3 is 5.32 Å². The molecule has 4 heteroatoms. The second-order valence-electron chi connectivity index (χ2n) is 4.30. The predicted molar refractivity (Wildman–Crippen MR) is 69.3 cm³/mol. The van der Waals surface area contributed by atoms with Crippen LogP contribution in [-0.4, -0.2) is 16.9 Å². The van der Waals surface area contributed by atoms with Crippen LogP contribution in [0.1, 0.15) is 25.7 Å². The van der Waals surface area contributed by atoms with E-state index in [1.54, 1.807) is 6.20 Å². The molecule has 1 N–H and O–H groups in total. The fraction of sp³-hybridized carbons (Fsp3) is 0.583. The van der Waals surface area contributed by atoms with Gasteiger partial charge in [0.15, 0.2) is 0 Å².